The zero-order valence-corrected chi connectivity index (χ0v) is 18.4. The number of primary sulfonamides is 1. The maximum absolute atomic E-state index is 15.4. The lowest BCUT2D eigenvalue weighted by atomic mass is 9.81. The predicted molar refractivity (Wildman–Crippen MR) is 121 cm³/mol. The molecule has 0 bridgehead atoms. The zero-order chi connectivity index (χ0) is 22.5. The van der Waals surface area contributed by atoms with Crippen LogP contribution in [0.1, 0.15) is 39.0 Å². The number of hydrazone groups is 1. The molecular weight excluding hydrogens is 433 g/mol. The van der Waals surface area contributed by atoms with Gasteiger partial charge in [0.15, 0.2) is 0 Å². The number of halogens is 1. The number of nitrogens with two attached hydrogens (primary N) is 1. The summed E-state index contributed by atoms with van der Waals surface area (Å²) in [6.07, 6.45) is 6.01. The number of hydrogen-bond acceptors (Lipinski definition) is 7. The van der Waals surface area contributed by atoms with E-state index in [0.29, 0.717) is 36.7 Å². The van der Waals surface area contributed by atoms with E-state index in [-0.39, 0.29) is 10.9 Å². The lowest BCUT2D eigenvalue weighted by molar-refractivity contribution is 0.262. The fourth-order valence-electron chi connectivity index (χ4n) is 4.65. The molecule has 1 saturated carbocycles. The second-order valence-electron chi connectivity index (χ2n) is 8.20. The number of aromatic nitrogens is 3. The summed E-state index contributed by atoms with van der Waals surface area (Å²) in [6.45, 7) is 2.47. The molecule has 3 aromatic rings. The number of nitrogens with one attached hydrogen (secondary N) is 1. The van der Waals surface area contributed by atoms with Gasteiger partial charge >= 0.3 is 0 Å². The second-order valence-corrected chi connectivity index (χ2v) is 9.77. The first-order valence-electron chi connectivity index (χ1n) is 10.6. The minimum absolute atomic E-state index is 0.0220. The molecule has 0 radical (unpaired) electrons. The molecule has 1 aliphatic carbocycles. The van der Waals surface area contributed by atoms with Crippen LogP contribution in [0.15, 0.2) is 46.5 Å². The fraction of sp³-hybridized carbons (Fsp3) is 0.381. The molecule has 11 heteroatoms. The molecule has 1 spiro atoms. The quantitative estimate of drug-likeness (QED) is 0.618. The van der Waals surface area contributed by atoms with Crippen molar-refractivity contribution < 1.29 is 12.8 Å². The topological polar surface area (TPSA) is 118 Å². The average molecular weight is 458 g/mol. The molecule has 0 atom stereocenters. The molecule has 2 aliphatic rings. The van der Waals surface area contributed by atoms with Gasteiger partial charge in [0.2, 0.25) is 21.9 Å². The van der Waals surface area contributed by atoms with Crippen LogP contribution in [0.5, 0.6) is 0 Å². The minimum atomic E-state index is -3.77. The third kappa shape index (κ3) is 3.32. The van der Waals surface area contributed by atoms with Gasteiger partial charge in [0.1, 0.15) is 17.0 Å². The molecule has 1 aromatic carbocycles. The summed E-state index contributed by atoms with van der Waals surface area (Å²) in [5.74, 6) is 0.782. The van der Waals surface area contributed by atoms with Gasteiger partial charge in [-0.05, 0) is 50.1 Å². The molecule has 2 aromatic heterocycles. The monoisotopic (exact) mass is 457 g/mol. The van der Waals surface area contributed by atoms with Gasteiger partial charge < -0.3 is 5.32 Å². The van der Waals surface area contributed by atoms with E-state index in [1.807, 2.05) is 17.6 Å². The zero-order valence-electron chi connectivity index (χ0n) is 17.6. The van der Waals surface area contributed by atoms with Crippen molar-refractivity contribution in [1.82, 2.24) is 14.5 Å². The van der Waals surface area contributed by atoms with E-state index in [4.69, 9.17) is 10.1 Å². The molecule has 0 saturated heterocycles. The third-order valence-corrected chi connectivity index (χ3v) is 7.15. The number of fused-ring (bicyclic) bond motifs is 4. The predicted octanol–water partition coefficient (Wildman–Crippen LogP) is 3.60. The summed E-state index contributed by atoms with van der Waals surface area (Å²) in [5.41, 5.74) is 0.436. The Morgan fingerprint density at radius 2 is 1.91 bits per heavy atom. The Balaban J connectivity index is 1.58. The Bertz CT molecular complexity index is 1310. The molecule has 32 heavy (non-hydrogen) atoms. The molecule has 3 N–H and O–H groups in total. The Morgan fingerprint density at radius 3 is 2.56 bits per heavy atom. The first-order valence-corrected chi connectivity index (χ1v) is 12.2. The number of hydrogen-bond donors (Lipinski definition) is 2. The molecule has 0 amide bonds. The van der Waals surface area contributed by atoms with E-state index in [1.54, 1.807) is 23.3 Å². The highest BCUT2D eigenvalue weighted by molar-refractivity contribution is 7.89. The van der Waals surface area contributed by atoms with Gasteiger partial charge in [-0.2, -0.15) is 9.37 Å². The van der Waals surface area contributed by atoms with Crippen LogP contribution in [0.4, 0.5) is 21.8 Å². The number of rotatable bonds is 4. The molecule has 168 valence electrons. The third-order valence-electron chi connectivity index (χ3n) is 6.23. The Labute approximate surface area is 185 Å². The van der Waals surface area contributed by atoms with E-state index >= 15 is 4.39 Å². The smallest absolute Gasteiger partial charge is 0.238 e. The molecule has 9 nitrogen and oxygen atoms in total. The van der Waals surface area contributed by atoms with Gasteiger partial charge in [-0.1, -0.05) is 19.3 Å². The number of sulfonamides is 1. The van der Waals surface area contributed by atoms with Gasteiger partial charge in [-0.3, -0.25) is 4.57 Å². The van der Waals surface area contributed by atoms with Crippen LogP contribution in [-0.2, 0) is 15.6 Å². The molecule has 3 heterocycles. The summed E-state index contributed by atoms with van der Waals surface area (Å²) in [7, 11) is -3.77. The van der Waals surface area contributed by atoms with E-state index in [2.05, 4.69) is 15.4 Å². The average Bonchev–Trinajstić information content (AvgIpc) is 3.16. The lowest BCUT2D eigenvalue weighted by Gasteiger charge is -2.42. The lowest BCUT2D eigenvalue weighted by Crippen LogP contribution is -2.47. The summed E-state index contributed by atoms with van der Waals surface area (Å²) < 4.78 is 40.3. The molecular formula is C21H24FN7O2S. The van der Waals surface area contributed by atoms with Crippen molar-refractivity contribution in [3.05, 3.63) is 36.5 Å². The van der Waals surface area contributed by atoms with Crippen LogP contribution < -0.4 is 15.5 Å². The van der Waals surface area contributed by atoms with E-state index < -0.39 is 15.6 Å². The SMILES string of the molecule is CCN1N=C(F)C2(CCCCC2)n2c1cc1cnc(Nc3ccc(S(N)(=O)=O)cc3)nc12. The van der Waals surface area contributed by atoms with Gasteiger partial charge in [0.05, 0.1) is 4.90 Å². The van der Waals surface area contributed by atoms with E-state index in [0.717, 1.165) is 30.5 Å². The largest absolute Gasteiger partial charge is 0.324 e. The van der Waals surface area contributed by atoms with Crippen molar-refractivity contribution in [2.45, 2.75) is 49.5 Å². The maximum Gasteiger partial charge on any atom is 0.238 e. The number of nitrogens with zero attached hydrogens (tertiary/aromatic N) is 5. The van der Waals surface area contributed by atoms with Gasteiger partial charge in [-0.25, -0.2) is 23.5 Å². The van der Waals surface area contributed by atoms with Gasteiger partial charge in [-0.15, -0.1) is 5.10 Å². The van der Waals surface area contributed by atoms with Crippen molar-refractivity contribution in [1.29, 1.82) is 0 Å². The normalized spacial score (nSPS) is 18.0. The second kappa shape index (κ2) is 7.52. The Hall–Kier alpha value is -3.05. The van der Waals surface area contributed by atoms with Crippen LogP contribution in [0, 0.1) is 0 Å². The van der Waals surface area contributed by atoms with Crippen molar-refractivity contribution in [3.8, 4) is 0 Å². The fourth-order valence-corrected chi connectivity index (χ4v) is 5.16. The van der Waals surface area contributed by atoms with Crippen molar-refractivity contribution in [2.75, 3.05) is 16.9 Å². The summed E-state index contributed by atoms with van der Waals surface area (Å²) in [6, 6.07) is 7.97. The van der Waals surface area contributed by atoms with Crippen LogP contribution >= 0.6 is 0 Å². The van der Waals surface area contributed by atoms with Gasteiger partial charge in [0, 0.05) is 23.8 Å². The Morgan fingerprint density at radius 1 is 1.19 bits per heavy atom. The van der Waals surface area contributed by atoms with E-state index in [9.17, 15) is 8.42 Å². The first kappa shape index (κ1) is 20.8. The highest BCUT2D eigenvalue weighted by atomic mass is 32.2. The molecule has 1 fully saturated rings. The number of anilines is 3. The summed E-state index contributed by atoms with van der Waals surface area (Å²) in [4.78, 5) is 9.13. The first-order chi connectivity index (χ1) is 15.3. The number of benzene rings is 1. The molecule has 5 rings (SSSR count). The highest BCUT2D eigenvalue weighted by Gasteiger charge is 2.46. The summed E-state index contributed by atoms with van der Waals surface area (Å²) >= 11 is 0. The standard InChI is InChI=1S/C21H24FN7O2S/c1-2-28-17-12-14-13-24-20(25-15-6-8-16(9-7-15)32(23,30)31)26-18(14)29(17)21(19(22)27-28)10-4-3-5-11-21/h6-9,12-13H,2-5,10-11H2,1H3,(H2,23,30,31)(H,24,25,26). The molecule has 0 unspecified atom stereocenters. The minimum Gasteiger partial charge on any atom is -0.324 e. The maximum atomic E-state index is 15.4. The van der Waals surface area contributed by atoms with Crippen molar-refractivity contribution >= 4 is 44.5 Å². The van der Waals surface area contributed by atoms with E-state index in [1.165, 1.54) is 12.1 Å². The van der Waals surface area contributed by atoms with Crippen LogP contribution in [0.2, 0.25) is 0 Å². The molecule has 1 aliphatic heterocycles. The van der Waals surface area contributed by atoms with Crippen LogP contribution in [-0.4, -0.2) is 35.5 Å². The highest BCUT2D eigenvalue weighted by Crippen LogP contribution is 2.45. The van der Waals surface area contributed by atoms with Crippen LogP contribution in [0.3, 0.4) is 0 Å². The van der Waals surface area contributed by atoms with Crippen LogP contribution in [0.25, 0.3) is 11.0 Å². The van der Waals surface area contributed by atoms with Crippen molar-refractivity contribution in [2.24, 2.45) is 10.2 Å². The summed E-state index contributed by atoms with van der Waals surface area (Å²) in [5, 5.41) is 15.0. The van der Waals surface area contributed by atoms with Crippen molar-refractivity contribution in [3.63, 3.8) is 0 Å². The Kier molecular flexibility index (Phi) is 4.90. The van der Waals surface area contributed by atoms with Gasteiger partial charge in [0.25, 0.3) is 0 Å².